The van der Waals surface area contributed by atoms with Gasteiger partial charge in [-0.25, -0.2) is 0 Å². The molecule has 0 amide bonds. The molecule has 1 heterocycles. The van der Waals surface area contributed by atoms with Crippen LogP contribution < -0.4 is 0 Å². The normalized spacial score (nSPS) is 12.0. The van der Waals surface area contributed by atoms with Crippen molar-refractivity contribution in [3.63, 3.8) is 0 Å². The molecule has 1 aromatic heterocycles. The predicted molar refractivity (Wildman–Crippen MR) is 77.5 cm³/mol. The molecule has 1 heteroatoms. The summed E-state index contributed by atoms with van der Waals surface area (Å²) in [5.74, 6) is 0. The van der Waals surface area contributed by atoms with Crippen LogP contribution in [0.25, 0.3) is 15.8 Å². The summed E-state index contributed by atoms with van der Waals surface area (Å²) in [5.41, 5.74) is 1.47. The molecule has 0 spiro atoms. The lowest BCUT2D eigenvalue weighted by atomic mass is 10.2. The lowest BCUT2D eigenvalue weighted by Crippen LogP contribution is -1.69. The van der Waals surface area contributed by atoms with Crippen molar-refractivity contribution in [2.75, 3.05) is 0 Å². The molecule has 0 saturated heterocycles. The van der Waals surface area contributed by atoms with Gasteiger partial charge in [-0.15, -0.1) is 0 Å². The zero-order valence-corrected chi connectivity index (χ0v) is 11.0. The van der Waals surface area contributed by atoms with Crippen LogP contribution in [0.1, 0.15) is 10.9 Å². The van der Waals surface area contributed by atoms with Crippen LogP contribution in [-0.4, -0.2) is 0 Å². The molecule has 0 bridgehead atoms. The van der Waals surface area contributed by atoms with E-state index in [-0.39, 0.29) is 7.53 Å². The predicted octanol–water partition coefficient (Wildman–Crippen LogP) is 5.43. The number of rotatable bonds is 1. The van der Waals surface area contributed by atoms with E-state index < -0.39 is 0 Å². The van der Waals surface area contributed by atoms with Crippen molar-refractivity contribution in [3.05, 3.63) is 65.5 Å². The summed E-state index contributed by atoms with van der Waals surface area (Å²) >= 11 is 0. The minimum absolute atomic E-state index is 0.277. The van der Waals surface area contributed by atoms with Crippen LogP contribution in [0.3, 0.4) is 0 Å². The maximum absolute atomic E-state index is 2.29. The Kier molecular flexibility index (Phi) is 2.53. The topological polar surface area (TPSA) is 0 Å². The second kappa shape index (κ2) is 4.05. The van der Waals surface area contributed by atoms with Crippen LogP contribution in [-0.2, 0) is 0 Å². The van der Waals surface area contributed by atoms with Crippen LogP contribution in [0.15, 0.2) is 54.6 Å². The van der Waals surface area contributed by atoms with Crippen LogP contribution >= 0.6 is 7.53 Å². The Labute approximate surface area is 103 Å². The highest BCUT2D eigenvalue weighted by Gasteiger charge is 2.12. The maximum Gasteiger partial charge on any atom is 0.00616 e. The largest absolute Gasteiger partial charge is 0.0820 e. The molecule has 17 heavy (non-hydrogen) atoms. The van der Waals surface area contributed by atoms with Crippen LogP contribution in [0, 0.1) is 13.8 Å². The van der Waals surface area contributed by atoms with Crippen LogP contribution in [0.5, 0.6) is 0 Å². The molecule has 0 saturated carbocycles. The summed E-state index contributed by atoms with van der Waals surface area (Å²) < 4.78 is 0. The molecule has 3 aromatic rings. The third-order valence-electron chi connectivity index (χ3n) is 3.44. The third-order valence-corrected chi connectivity index (χ3v) is 6.13. The zero-order valence-electron chi connectivity index (χ0n) is 10.1. The van der Waals surface area contributed by atoms with Crippen molar-refractivity contribution in [1.82, 2.24) is 0 Å². The Morgan fingerprint density at radius 2 is 1.41 bits per heavy atom. The first-order chi connectivity index (χ1) is 8.29. The molecule has 0 fully saturated rings. The van der Waals surface area contributed by atoms with Gasteiger partial charge in [-0.3, -0.25) is 0 Å². The molecule has 84 valence electrons. The highest BCUT2D eigenvalue weighted by molar-refractivity contribution is 7.63. The zero-order chi connectivity index (χ0) is 11.8. The van der Waals surface area contributed by atoms with Gasteiger partial charge in [0.15, 0.2) is 0 Å². The Hall–Kier alpha value is -1.52. The monoisotopic (exact) mass is 238 g/mol. The van der Waals surface area contributed by atoms with Gasteiger partial charge < -0.3 is 0 Å². The number of benzene rings is 2. The summed E-state index contributed by atoms with van der Waals surface area (Å²) in [6.45, 7) is 4.54. The minimum Gasteiger partial charge on any atom is -0.0820 e. The van der Waals surface area contributed by atoms with E-state index in [4.69, 9.17) is 0 Å². The van der Waals surface area contributed by atoms with Gasteiger partial charge in [-0.1, -0.05) is 62.1 Å². The molecular weight excluding hydrogens is 223 g/mol. The highest BCUT2D eigenvalue weighted by Crippen LogP contribution is 2.52. The summed E-state index contributed by atoms with van der Waals surface area (Å²) in [6, 6.07) is 19.7. The molecule has 0 aliphatic carbocycles. The van der Waals surface area contributed by atoms with Crippen molar-refractivity contribution < 1.29 is 0 Å². The number of hydrogen-bond donors (Lipinski definition) is 0. The summed E-state index contributed by atoms with van der Waals surface area (Å²) in [7, 11) is -0.277. The fourth-order valence-corrected chi connectivity index (χ4v) is 5.11. The number of hydrogen-bond acceptors (Lipinski definition) is 0. The average molecular weight is 238 g/mol. The van der Waals surface area contributed by atoms with Crippen molar-refractivity contribution in [2.45, 2.75) is 13.8 Å². The number of aryl methyl sites for hydroxylation is 1. The molecule has 1 unspecified atom stereocenters. The van der Waals surface area contributed by atoms with Crippen LogP contribution in [0.4, 0.5) is 0 Å². The van der Waals surface area contributed by atoms with E-state index in [1.54, 1.807) is 5.30 Å². The molecule has 3 rings (SSSR count). The van der Waals surface area contributed by atoms with E-state index in [1.807, 2.05) is 0 Å². The molecule has 0 N–H and O–H groups in total. The van der Waals surface area contributed by atoms with Gasteiger partial charge in [-0.05, 0) is 35.4 Å². The van der Waals surface area contributed by atoms with Crippen molar-refractivity contribution >= 4 is 18.0 Å². The SMILES string of the molecule is Cc1c(C)p(-c2ccccc2)c2ccccc12. The Morgan fingerprint density at radius 3 is 2.18 bits per heavy atom. The Bertz CT molecular complexity index is 663. The summed E-state index contributed by atoms with van der Waals surface area (Å²) in [4.78, 5) is 0. The first kappa shape index (κ1) is 10.6. The second-order valence-corrected chi connectivity index (χ2v) is 6.74. The van der Waals surface area contributed by atoms with Gasteiger partial charge in [0.2, 0.25) is 0 Å². The molecule has 1 atom stereocenters. The van der Waals surface area contributed by atoms with Gasteiger partial charge in [0.25, 0.3) is 0 Å². The lowest BCUT2D eigenvalue weighted by molar-refractivity contribution is 1.47. The fraction of sp³-hybridized carbons (Fsp3) is 0.125. The smallest absolute Gasteiger partial charge is 0.00616 e. The second-order valence-electron chi connectivity index (χ2n) is 4.40. The quantitative estimate of drug-likeness (QED) is 0.530. The van der Waals surface area contributed by atoms with E-state index in [9.17, 15) is 0 Å². The van der Waals surface area contributed by atoms with E-state index in [2.05, 4.69) is 68.4 Å². The van der Waals surface area contributed by atoms with Crippen molar-refractivity contribution in [2.24, 2.45) is 0 Å². The van der Waals surface area contributed by atoms with Gasteiger partial charge in [-0.2, -0.15) is 0 Å². The van der Waals surface area contributed by atoms with E-state index in [1.165, 1.54) is 21.4 Å². The molecule has 0 radical (unpaired) electrons. The molecule has 2 aromatic carbocycles. The van der Waals surface area contributed by atoms with Crippen LogP contribution in [0.2, 0.25) is 0 Å². The van der Waals surface area contributed by atoms with Gasteiger partial charge >= 0.3 is 0 Å². The van der Waals surface area contributed by atoms with Crippen molar-refractivity contribution in [3.8, 4) is 5.30 Å². The summed E-state index contributed by atoms with van der Waals surface area (Å²) in [6.07, 6.45) is 0. The maximum atomic E-state index is 2.29. The molecular formula is C16H15P. The first-order valence-corrected chi connectivity index (χ1v) is 7.25. The third kappa shape index (κ3) is 1.61. The lowest BCUT2D eigenvalue weighted by Gasteiger charge is -2.03. The molecule has 0 nitrogen and oxygen atoms in total. The molecule has 0 aliphatic rings. The Morgan fingerprint density at radius 1 is 0.765 bits per heavy atom. The average Bonchev–Trinajstić information content (AvgIpc) is 2.64. The van der Waals surface area contributed by atoms with E-state index >= 15 is 0 Å². The standard InChI is InChI=1S/C16H15P/c1-12-13(2)17(14-8-4-3-5-9-14)16-11-7-6-10-15(12)16/h3-11H,1-2H3. The molecule has 0 aliphatic heterocycles. The summed E-state index contributed by atoms with van der Waals surface area (Å²) in [5, 5.41) is 5.97. The number of fused-ring (bicyclic) bond motifs is 1. The van der Waals surface area contributed by atoms with Gasteiger partial charge in [0.05, 0.1) is 0 Å². The van der Waals surface area contributed by atoms with Crippen molar-refractivity contribution in [1.29, 1.82) is 0 Å². The van der Waals surface area contributed by atoms with Gasteiger partial charge in [0, 0.05) is 5.12 Å². The van der Waals surface area contributed by atoms with E-state index in [0.29, 0.717) is 0 Å². The van der Waals surface area contributed by atoms with Gasteiger partial charge in [0.1, 0.15) is 0 Å². The Balaban J connectivity index is 2.41. The van der Waals surface area contributed by atoms with E-state index in [0.717, 1.165) is 0 Å². The highest BCUT2D eigenvalue weighted by atomic mass is 31.1. The minimum atomic E-state index is -0.277. The first-order valence-electron chi connectivity index (χ1n) is 5.91. The fourth-order valence-electron chi connectivity index (χ4n) is 2.44.